The number of alkyl halides is 6. The van der Waals surface area contributed by atoms with Gasteiger partial charge >= 0.3 is 12.4 Å². The van der Waals surface area contributed by atoms with E-state index in [0.717, 1.165) is 12.1 Å². The Hall–Kier alpha value is -2.30. The first-order chi connectivity index (χ1) is 10.4. The van der Waals surface area contributed by atoms with E-state index in [2.05, 4.69) is 5.10 Å². The number of aliphatic hydroxyl groups is 1. The Labute approximate surface area is 124 Å². The van der Waals surface area contributed by atoms with Crippen LogP contribution in [0.5, 0.6) is 5.75 Å². The van der Waals surface area contributed by atoms with Crippen molar-refractivity contribution in [2.45, 2.75) is 24.5 Å². The summed E-state index contributed by atoms with van der Waals surface area (Å²) in [5.74, 6) is -2.49. The molecule has 126 valence electrons. The molecule has 2 rings (SSSR count). The quantitative estimate of drug-likeness (QED) is 0.770. The maximum atomic E-state index is 13.0. The fourth-order valence-corrected chi connectivity index (χ4v) is 1.91. The van der Waals surface area contributed by atoms with E-state index in [4.69, 9.17) is 0 Å². The number of hydrazone groups is 1. The third-order valence-electron chi connectivity index (χ3n) is 3.09. The van der Waals surface area contributed by atoms with Gasteiger partial charge in [-0.3, -0.25) is 4.79 Å². The largest absolute Gasteiger partial charge is 0.507 e. The fourth-order valence-electron chi connectivity index (χ4n) is 1.91. The van der Waals surface area contributed by atoms with Crippen LogP contribution in [0.1, 0.15) is 16.8 Å². The highest BCUT2D eigenvalue weighted by atomic mass is 19.4. The molecule has 0 aromatic heterocycles. The van der Waals surface area contributed by atoms with E-state index >= 15 is 0 Å². The highest BCUT2D eigenvalue weighted by molar-refractivity contribution is 6.01. The predicted molar refractivity (Wildman–Crippen MR) is 63.4 cm³/mol. The highest BCUT2D eigenvalue weighted by Gasteiger charge is 2.66. The molecule has 11 heteroatoms. The van der Waals surface area contributed by atoms with Crippen LogP contribution in [0.25, 0.3) is 0 Å². The number of carbonyl (C=O) groups excluding carboxylic acids is 1. The van der Waals surface area contributed by atoms with Crippen molar-refractivity contribution in [1.29, 1.82) is 0 Å². The summed E-state index contributed by atoms with van der Waals surface area (Å²) in [7, 11) is 0. The van der Waals surface area contributed by atoms with E-state index in [-0.39, 0.29) is 0 Å². The molecular formula is C12H8F6N2O3. The van der Waals surface area contributed by atoms with E-state index < -0.39 is 52.4 Å². The molecule has 1 aromatic carbocycles. The van der Waals surface area contributed by atoms with Gasteiger partial charge in [0.1, 0.15) is 11.5 Å². The fraction of sp³-hybridized carbons (Fsp3) is 0.333. The van der Waals surface area contributed by atoms with Gasteiger partial charge in [0.2, 0.25) is 0 Å². The van der Waals surface area contributed by atoms with Gasteiger partial charge in [-0.1, -0.05) is 12.1 Å². The van der Waals surface area contributed by atoms with Gasteiger partial charge in [0.05, 0.1) is 12.0 Å². The molecule has 1 amide bonds. The zero-order valence-corrected chi connectivity index (χ0v) is 11.0. The second-order valence-electron chi connectivity index (χ2n) is 4.67. The van der Waals surface area contributed by atoms with Gasteiger partial charge in [0.15, 0.2) is 0 Å². The van der Waals surface area contributed by atoms with Crippen molar-refractivity contribution < 1.29 is 41.4 Å². The molecule has 0 spiro atoms. The number of rotatable bonds is 1. The minimum atomic E-state index is -5.59. The third-order valence-corrected chi connectivity index (χ3v) is 3.09. The molecule has 23 heavy (non-hydrogen) atoms. The van der Waals surface area contributed by atoms with Crippen LogP contribution in [-0.2, 0) is 0 Å². The summed E-state index contributed by atoms with van der Waals surface area (Å²) >= 11 is 0. The molecule has 1 aromatic rings. The van der Waals surface area contributed by atoms with Crippen molar-refractivity contribution in [2.75, 3.05) is 0 Å². The van der Waals surface area contributed by atoms with Gasteiger partial charge < -0.3 is 10.2 Å². The van der Waals surface area contributed by atoms with Crippen molar-refractivity contribution in [3.8, 4) is 5.75 Å². The Morgan fingerprint density at radius 1 is 1.17 bits per heavy atom. The van der Waals surface area contributed by atoms with Crippen LogP contribution in [0.4, 0.5) is 26.3 Å². The van der Waals surface area contributed by atoms with Gasteiger partial charge in [-0.15, -0.1) is 0 Å². The first-order valence-electron chi connectivity index (χ1n) is 5.94. The Balaban J connectivity index is 2.53. The summed E-state index contributed by atoms with van der Waals surface area (Å²) in [6.45, 7) is 0. The lowest BCUT2D eigenvalue weighted by atomic mass is 10.0. The first-order valence-corrected chi connectivity index (χ1v) is 5.94. The minimum absolute atomic E-state index is 0.703. The topological polar surface area (TPSA) is 73.1 Å². The molecule has 2 N–H and O–H groups in total. The van der Waals surface area contributed by atoms with Gasteiger partial charge in [-0.25, -0.2) is 0 Å². The Kier molecular flexibility index (Phi) is 3.79. The molecule has 0 unspecified atom stereocenters. The van der Waals surface area contributed by atoms with E-state index in [1.807, 2.05) is 0 Å². The molecule has 0 saturated carbocycles. The number of halogens is 6. The van der Waals surface area contributed by atoms with E-state index in [1.54, 1.807) is 0 Å². The number of nitrogens with zero attached hydrogens (tertiary/aromatic N) is 2. The lowest BCUT2D eigenvalue weighted by Gasteiger charge is -2.32. The number of amides is 1. The molecule has 0 aliphatic carbocycles. The number of benzene rings is 1. The maximum absolute atomic E-state index is 13.0. The highest BCUT2D eigenvalue weighted by Crippen LogP contribution is 2.44. The summed E-state index contributed by atoms with van der Waals surface area (Å²) in [5.41, 5.74) is -6.85. The average Bonchev–Trinajstić information content (AvgIpc) is 2.77. The van der Waals surface area contributed by atoms with Gasteiger partial charge in [0, 0.05) is 0 Å². The number of phenolic OH excluding ortho intramolecular Hbond substituents is 1. The smallest absolute Gasteiger partial charge is 0.438 e. The third kappa shape index (κ3) is 2.83. The standard InChI is InChI=1S/C12H8F6N2O3/c13-11(14,15)8-5-10(23,12(16,17)18)20(19-8)9(22)6-3-1-2-4-7(6)21/h1-4,21,23H,5H2/t10-/m0/s1. The normalized spacial score (nSPS) is 22.2. The molecule has 0 fully saturated rings. The van der Waals surface area contributed by atoms with Crippen molar-refractivity contribution in [3.05, 3.63) is 29.8 Å². The molecule has 0 radical (unpaired) electrons. The summed E-state index contributed by atoms with van der Waals surface area (Å²) < 4.78 is 76.8. The number of phenols is 1. The van der Waals surface area contributed by atoms with Crippen molar-refractivity contribution in [1.82, 2.24) is 5.01 Å². The van der Waals surface area contributed by atoms with Crippen LogP contribution in [0.3, 0.4) is 0 Å². The number of para-hydroxylation sites is 1. The zero-order chi connectivity index (χ0) is 17.6. The van der Waals surface area contributed by atoms with E-state index in [0.29, 0.717) is 0 Å². The lowest BCUT2D eigenvalue weighted by molar-refractivity contribution is -0.297. The molecule has 1 heterocycles. The van der Waals surface area contributed by atoms with Crippen LogP contribution in [-0.4, -0.2) is 44.9 Å². The van der Waals surface area contributed by atoms with Crippen LogP contribution in [0, 0.1) is 0 Å². The van der Waals surface area contributed by atoms with Crippen LogP contribution in [0.15, 0.2) is 29.4 Å². The van der Waals surface area contributed by atoms with E-state index in [1.165, 1.54) is 12.1 Å². The van der Waals surface area contributed by atoms with Crippen molar-refractivity contribution in [3.63, 3.8) is 0 Å². The average molecular weight is 342 g/mol. The van der Waals surface area contributed by atoms with Crippen molar-refractivity contribution in [2.24, 2.45) is 5.10 Å². The number of carbonyl (C=O) groups is 1. The van der Waals surface area contributed by atoms with Crippen LogP contribution >= 0.6 is 0 Å². The zero-order valence-electron chi connectivity index (χ0n) is 11.0. The molecule has 1 aliphatic heterocycles. The molecule has 5 nitrogen and oxygen atoms in total. The minimum Gasteiger partial charge on any atom is -0.507 e. The summed E-state index contributed by atoms with van der Waals surface area (Å²) in [4.78, 5) is 12.0. The number of hydrogen-bond acceptors (Lipinski definition) is 4. The van der Waals surface area contributed by atoms with Gasteiger partial charge in [-0.2, -0.15) is 36.5 Å². The predicted octanol–water partition coefficient (Wildman–Crippen LogP) is 2.41. The van der Waals surface area contributed by atoms with Crippen LogP contribution < -0.4 is 0 Å². The Morgan fingerprint density at radius 2 is 1.74 bits per heavy atom. The SMILES string of the molecule is O=C(c1ccccc1O)N1N=C(C(F)(F)F)C[C@]1(O)C(F)(F)F. The molecule has 0 bridgehead atoms. The number of aromatic hydroxyl groups is 1. The van der Waals surface area contributed by atoms with E-state index in [9.17, 15) is 41.4 Å². The second kappa shape index (κ2) is 5.11. The van der Waals surface area contributed by atoms with Crippen LogP contribution in [0.2, 0.25) is 0 Å². The molecular weight excluding hydrogens is 334 g/mol. The summed E-state index contributed by atoms with van der Waals surface area (Å²) in [6, 6.07) is 4.25. The molecule has 0 saturated heterocycles. The molecule has 1 atom stereocenters. The second-order valence-corrected chi connectivity index (χ2v) is 4.67. The van der Waals surface area contributed by atoms with Gasteiger partial charge in [-0.05, 0) is 12.1 Å². The number of hydrogen-bond donors (Lipinski definition) is 2. The Morgan fingerprint density at radius 3 is 2.22 bits per heavy atom. The monoisotopic (exact) mass is 342 g/mol. The maximum Gasteiger partial charge on any atom is 0.438 e. The van der Waals surface area contributed by atoms with Crippen molar-refractivity contribution >= 4 is 11.6 Å². The Bertz CT molecular complexity index is 669. The summed E-state index contributed by atoms with van der Waals surface area (Å²) in [6.07, 6.45) is -12.8. The first kappa shape index (κ1) is 17.1. The van der Waals surface area contributed by atoms with Gasteiger partial charge in [0.25, 0.3) is 11.6 Å². The lowest BCUT2D eigenvalue weighted by Crippen LogP contribution is -2.56. The summed E-state index contributed by atoms with van der Waals surface area (Å²) in [5, 5.41) is 21.0. The molecule has 1 aliphatic rings.